The summed E-state index contributed by atoms with van der Waals surface area (Å²) in [6, 6.07) is 6.50. The standard InChI is InChI=1S/C17H17N3O4S/c1-24-17(21)13-10-19(14-6-8-18-16(25)15(13)14)9-7-11-2-4-12(5-3-11)20(22)23/h2-5,10H,6-9H2,1H3,(H,18,25). The molecule has 0 fully saturated rings. The third kappa shape index (κ3) is 3.39. The normalized spacial score (nSPS) is 13.1. The van der Waals surface area contributed by atoms with Gasteiger partial charge in [-0.05, 0) is 12.0 Å². The van der Waals surface area contributed by atoms with Crippen molar-refractivity contribution in [1.82, 2.24) is 9.88 Å². The molecule has 3 rings (SSSR count). The maximum absolute atomic E-state index is 12.0. The second-order valence-corrected chi connectivity index (χ2v) is 6.14. The molecule has 0 saturated carbocycles. The Morgan fingerprint density at radius 2 is 2.12 bits per heavy atom. The highest BCUT2D eigenvalue weighted by Crippen LogP contribution is 2.23. The zero-order valence-electron chi connectivity index (χ0n) is 13.7. The number of nitro groups is 1. The molecule has 1 N–H and O–H groups in total. The summed E-state index contributed by atoms with van der Waals surface area (Å²) in [5.41, 5.74) is 3.30. The van der Waals surface area contributed by atoms with Crippen LogP contribution < -0.4 is 5.32 Å². The lowest BCUT2D eigenvalue weighted by atomic mass is 10.1. The summed E-state index contributed by atoms with van der Waals surface area (Å²) in [4.78, 5) is 22.9. The van der Waals surface area contributed by atoms with Crippen molar-refractivity contribution in [2.75, 3.05) is 13.7 Å². The van der Waals surface area contributed by atoms with E-state index < -0.39 is 10.9 Å². The van der Waals surface area contributed by atoms with Gasteiger partial charge >= 0.3 is 5.97 Å². The first-order chi connectivity index (χ1) is 12.0. The molecule has 0 saturated heterocycles. The molecule has 0 atom stereocenters. The number of nitrogens with one attached hydrogen (secondary N) is 1. The van der Waals surface area contributed by atoms with Crippen LogP contribution in [0.15, 0.2) is 30.5 Å². The first-order valence-electron chi connectivity index (χ1n) is 7.83. The van der Waals surface area contributed by atoms with Crippen LogP contribution in [-0.2, 0) is 24.1 Å². The minimum atomic E-state index is -0.414. The Morgan fingerprint density at radius 1 is 1.40 bits per heavy atom. The second-order valence-electron chi connectivity index (χ2n) is 5.73. The SMILES string of the molecule is COC(=O)c1cn(CCc2ccc([N+](=O)[O-])cc2)c2c1C(=S)NCC2. The van der Waals surface area contributed by atoms with E-state index in [-0.39, 0.29) is 5.69 Å². The van der Waals surface area contributed by atoms with Gasteiger partial charge < -0.3 is 14.6 Å². The van der Waals surface area contributed by atoms with E-state index in [0.29, 0.717) is 23.5 Å². The number of thiocarbonyl (C=S) groups is 1. The van der Waals surface area contributed by atoms with Crippen LogP contribution in [0, 0.1) is 10.1 Å². The van der Waals surface area contributed by atoms with Gasteiger partial charge in [0.15, 0.2) is 0 Å². The number of hydrogen-bond donors (Lipinski definition) is 1. The lowest BCUT2D eigenvalue weighted by Crippen LogP contribution is -2.32. The third-order valence-electron chi connectivity index (χ3n) is 4.26. The number of carbonyl (C=O) groups is 1. The quantitative estimate of drug-likeness (QED) is 0.381. The van der Waals surface area contributed by atoms with Gasteiger partial charge in [-0.1, -0.05) is 24.4 Å². The van der Waals surface area contributed by atoms with Gasteiger partial charge in [0.1, 0.15) is 4.99 Å². The Bertz CT molecular complexity index is 842. The zero-order valence-corrected chi connectivity index (χ0v) is 14.5. The van der Waals surface area contributed by atoms with Gasteiger partial charge in [-0.2, -0.15) is 0 Å². The molecule has 0 spiro atoms. The van der Waals surface area contributed by atoms with E-state index in [1.807, 2.05) is 4.57 Å². The molecule has 2 aromatic rings. The third-order valence-corrected chi connectivity index (χ3v) is 4.61. The number of benzene rings is 1. The molecule has 8 heteroatoms. The number of nitro benzene ring substituents is 1. The van der Waals surface area contributed by atoms with E-state index in [0.717, 1.165) is 29.8 Å². The molecule has 1 aromatic heterocycles. The highest BCUT2D eigenvalue weighted by atomic mass is 32.1. The molecule has 1 aliphatic rings. The van der Waals surface area contributed by atoms with Crippen LogP contribution in [0.3, 0.4) is 0 Å². The number of non-ortho nitro benzene ring substituents is 1. The van der Waals surface area contributed by atoms with E-state index in [9.17, 15) is 14.9 Å². The fourth-order valence-electron chi connectivity index (χ4n) is 3.00. The topological polar surface area (TPSA) is 86.4 Å². The van der Waals surface area contributed by atoms with Crippen LogP contribution in [0.1, 0.15) is 27.2 Å². The maximum Gasteiger partial charge on any atom is 0.340 e. The fraction of sp³-hybridized carbons (Fsp3) is 0.294. The number of ether oxygens (including phenoxy) is 1. The summed E-state index contributed by atoms with van der Waals surface area (Å²) < 4.78 is 6.88. The predicted octanol–water partition coefficient (Wildman–Crippen LogP) is 2.25. The zero-order chi connectivity index (χ0) is 18.0. The number of aromatic nitrogens is 1. The highest BCUT2D eigenvalue weighted by Gasteiger charge is 2.26. The Labute approximate surface area is 149 Å². The van der Waals surface area contributed by atoms with Gasteiger partial charge in [-0.3, -0.25) is 10.1 Å². The van der Waals surface area contributed by atoms with E-state index >= 15 is 0 Å². The summed E-state index contributed by atoms with van der Waals surface area (Å²) in [5.74, 6) is -0.406. The minimum Gasteiger partial charge on any atom is -0.465 e. The maximum atomic E-state index is 12.0. The smallest absolute Gasteiger partial charge is 0.340 e. The van der Waals surface area contributed by atoms with Crippen molar-refractivity contribution in [2.45, 2.75) is 19.4 Å². The average Bonchev–Trinajstić information content (AvgIpc) is 3.00. The number of nitrogens with zero attached hydrogens (tertiary/aromatic N) is 2. The van der Waals surface area contributed by atoms with Gasteiger partial charge in [0.25, 0.3) is 5.69 Å². The number of methoxy groups -OCH3 is 1. The molecule has 130 valence electrons. The largest absolute Gasteiger partial charge is 0.465 e. The molecule has 2 heterocycles. The number of aryl methyl sites for hydroxylation is 2. The lowest BCUT2D eigenvalue weighted by molar-refractivity contribution is -0.384. The predicted molar refractivity (Wildman–Crippen MR) is 96.0 cm³/mol. The van der Waals surface area contributed by atoms with Crippen LogP contribution >= 0.6 is 12.2 Å². The fourth-order valence-corrected chi connectivity index (χ4v) is 3.33. The number of hydrogen-bond acceptors (Lipinski definition) is 5. The van der Waals surface area contributed by atoms with Gasteiger partial charge in [0.2, 0.25) is 0 Å². The second kappa shape index (κ2) is 7.02. The number of fused-ring (bicyclic) bond motifs is 1. The number of esters is 1. The molecule has 1 aliphatic heterocycles. The lowest BCUT2D eigenvalue weighted by Gasteiger charge is -2.18. The molecule has 0 bridgehead atoms. The molecule has 1 aromatic carbocycles. The van der Waals surface area contributed by atoms with Gasteiger partial charge in [-0.25, -0.2) is 4.79 Å². The molecular weight excluding hydrogens is 342 g/mol. The van der Waals surface area contributed by atoms with Crippen LogP contribution in [0.25, 0.3) is 0 Å². The van der Waals surface area contributed by atoms with Crippen molar-refractivity contribution in [3.8, 4) is 0 Å². The monoisotopic (exact) mass is 359 g/mol. The van der Waals surface area contributed by atoms with Gasteiger partial charge in [-0.15, -0.1) is 0 Å². The molecule has 7 nitrogen and oxygen atoms in total. The first kappa shape index (κ1) is 17.1. The van der Waals surface area contributed by atoms with Crippen molar-refractivity contribution < 1.29 is 14.5 Å². The summed E-state index contributed by atoms with van der Waals surface area (Å²) in [5, 5.41) is 13.8. The van der Waals surface area contributed by atoms with E-state index in [4.69, 9.17) is 17.0 Å². The summed E-state index contributed by atoms with van der Waals surface area (Å²) in [6.07, 6.45) is 3.24. The van der Waals surface area contributed by atoms with E-state index in [1.54, 1.807) is 18.3 Å². The molecular formula is C17H17N3O4S. The Kier molecular flexibility index (Phi) is 4.80. The molecule has 0 radical (unpaired) electrons. The van der Waals surface area contributed by atoms with Crippen LogP contribution in [0.2, 0.25) is 0 Å². The first-order valence-corrected chi connectivity index (χ1v) is 8.24. The van der Waals surface area contributed by atoms with E-state index in [1.165, 1.54) is 19.2 Å². The van der Waals surface area contributed by atoms with Crippen LogP contribution in [-0.4, -0.2) is 34.1 Å². The van der Waals surface area contributed by atoms with Crippen molar-refractivity contribution in [3.63, 3.8) is 0 Å². The number of rotatable bonds is 5. The summed E-state index contributed by atoms with van der Waals surface area (Å²) in [7, 11) is 1.35. The van der Waals surface area contributed by atoms with Crippen molar-refractivity contribution in [3.05, 3.63) is 63.0 Å². The Hall–Kier alpha value is -2.74. The van der Waals surface area contributed by atoms with E-state index in [2.05, 4.69) is 5.32 Å². The van der Waals surface area contributed by atoms with Crippen LogP contribution in [0.4, 0.5) is 5.69 Å². The van der Waals surface area contributed by atoms with Crippen molar-refractivity contribution >= 4 is 28.9 Å². The molecule has 25 heavy (non-hydrogen) atoms. The summed E-state index contributed by atoms with van der Waals surface area (Å²) in [6.45, 7) is 1.38. The van der Waals surface area contributed by atoms with Gasteiger partial charge in [0.05, 0.1) is 17.6 Å². The number of carbonyl (C=O) groups excluding carboxylic acids is 1. The Balaban J connectivity index is 1.84. The molecule has 0 amide bonds. The Morgan fingerprint density at radius 3 is 2.76 bits per heavy atom. The molecule has 0 unspecified atom stereocenters. The van der Waals surface area contributed by atoms with Crippen molar-refractivity contribution in [1.29, 1.82) is 0 Å². The van der Waals surface area contributed by atoms with Gasteiger partial charge in [0, 0.05) is 49.1 Å². The average molecular weight is 359 g/mol. The highest BCUT2D eigenvalue weighted by molar-refractivity contribution is 7.80. The van der Waals surface area contributed by atoms with Crippen molar-refractivity contribution in [2.24, 2.45) is 0 Å². The minimum absolute atomic E-state index is 0.0755. The molecule has 0 aliphatic carbocycles. The van der Waals surface area contributed by atoms with Crippen LogP contribution in [0.5, 0.6) is 0 Å². The summed E-state index contributed by atoms with van der Waals surface area (Å²) >= 11 is 5.35.